The maximum Gasteiger partial charge on any atom is 0.338 e. The van der Waals surface area contributed by atoms with E-state index in [1.807, 2.05) is 6.07 Å². The summed E-state index contributed by atoms with van der Waals surface area (Å²) in [6.45, 7) is 9.98. The minimum Gasteiger partial charge on any atom is -0.493 e. The number of carbonyl (C=O) groups excluding carboxylic acids is 3. The molecule has 0 saturated carbocycles. The third kappa shape index (κ3) is 6.85. The fraction of sp³-hybridized carbons (Fsp3) is 0.167. The SMILES string of the molecule is C=C(C)C(=O)Oc1c(C#N)cccc1OC.C=C(C)C(=O)Oc1c(C=O)cccc1OC. The van der Waals surface area contributed by atoms with Crippen LogP contribution >= 0.6 is 0 Å². The zero-order valence-corrected chi connectivity index (χ0v) is 18.3. The molecule has 2 aromatic carbocycles. The number of methoxy groups -OCH3 is 2. The van der Waals surface area contributed by atoms with E-state index in [2.05, 4.69) is 13.2 Å². The minimum atomic E-state index is -0.590. The molecule has 8 heteroatoms. The predicted octanol–water partition coefficient (Wildman–Crippen LogP) is 4.04. The topological polar surface area (TPSA) is 112 Å². The van der Waals surface area contributed by atoms with Crippen LogP contribution in [0.25, 0.3) is 0 Å². The van der Waals surface area contributed by atoms with Gasteiger partial charge in [0.1, 0.15) is 6.07 Å². The number of hydrogen-bond acceptors (Lipinski definition) is 8. The van der Waals surface area contributed by atoms with E-state index in [-0.39, 0.29) is 33.8 Å². The van der Waals surface area contributed by atoms with Gasteiger partial charge in [-0.2, -0.15) is 5.26 Å². The summed E-state index contributed by atoms with van der Waals surface area (Å²) in [4.78, 5) is 33.5. The molecule has 8 nitrogen and oxygen atoms in total. The first-order valence-electron chi connectivity index (χ1n) is 9.14. The molecule has 0 bridgehead atoms. The van der Waals surface area contributed by atoms with Gasteiger partial charge >= 0.3 is 11.9 Å². The van der Waals surface area contributed by atoms with Crippen LogP contribution in [0.15, 0.2) is 60.7 Å². The van der Waals surface area contributed by atoms with Crippen molar-refractivity contribution >= 4 is 18.2 Å². The van der Waals surface area contributed by atoms with Crippen molar-refractivity contribution < 1.29 is 33.3 Å². The molecule has 0 fully saturated rings. The van der Waals surface area contributed by atoms with Crippen molar-refractivity contribution in [2.45, 2.75) is 13.8 Å². The lowest BCUT2D eigenvalue weighted by molar-refractivity contribution is -0.131. The number of ether oxygens (including phenoxy) is 4. The number of aldehydes is 1. The monoisotopic (exact) mass is 437 g/mol. The van der Waals surface area contributed by atoms with Crippen LogP contribution in [0.4, 0.5) is 0 Å². The van der Waals surface area contributed by atoms with Gasteiger partial charge in [0.05, 0.1) is 25.3 Å². The summed E-state index contributed by atoms with van der Waals surface area (Å²) >= 11 is 0. The van der Waals surface area contributed by atoms with Gasteiger partial charge in [0, 0.05) is 11.1 Å². The van der Waals surface area contributed by atoms with Crippen LogP contribution in [-0.4, -0.2) is 32.4 Å². The van der Waals surface area contributed by atoms with E-state index in [0.29, 0.717) is 17.8 Å². The van der Waals surface area contributed by atoms with Gasteiger partial charge < -0.3 is 18.9 Å². The zero-order chi connectivity index (χ0) is 24.3. The molecule has 0 atom stereocenters. The summed E-state index contributed by atoms with van der Waals surface area (Å²) in [5.74, 6) is -0.255. The summed E-state index contributed by atoms with van der Waals surface area (Å²) in [6.07, 6.45) is 0.601. The zero-order valence-electron chi connectivity index (χ0n) is 18.3. The van der Waals surface area contributed by atoms with E-state index in [0.717, 1.165) is 0 Å². The van der Waals surface area contributed by atoms with Crippen molar-refractivity contribution in [2.24, 2.45) is 0 Å². The van der Waals surface area contributed by atoms with Gasteiger partial charge in [-0.3, -0.25) is 4.79 Å². The van der Waals surface area contributed by atoms with Gasteiger partial charge in [0.25, 0.3) is 0 Å². The quantitative estimate of drug-likeness (QED) is 0.276. The first kappa shape index (κ1) is 25.7. The highest BCUT2D eigenvalue weighted by molar-refractivity contribution is 5.91. The molecule has 2 rings (SSSR count). The number of carbonyl (C=O) groups is 3. The average molecular weight is 437 g/mol. The second-order valence-corrected chi connectivity index (χ2v) is 6.28. The smallest absolute Gasteiger partial charge is 0.338 e. The van der Waals surface area contributed by atoms with Crippen molar-refractivity contribution in [3.05, 3.63) is 71.8 Å². The summed E-state index contributed by atoms with van der Waals surface area (Å²) in [7, 11) is 2.87. The molecule has 0 aliphatic heterocycles. The largest absolute Gasteiger partial charge is 0.493 e. The first-order valence-corrected chi connectivity index (χ1v) is 9.14. The van der Waals surface area contributed by atoms with Gasteiger partial charge in [-0.1, -0.05) is 25.3 Å². The molecule has 0 saturated heterocycles. The Balaban J connectivity index is 0.000000320. The van der Waals surface area contributed by atoms with E-state index < -0.39 is 11.9 Å². The molecule has 0 N–H and O–H groups in total. The second kappa shape index (κ2) is 12.3. The second-order valence-electron chi connectivity index (χ2n) is 6.28. The van der Waals surface area contributed by atoms with Crippen LogP contribution < -0.4 is 18.9 Å². The minimum absolute atomic E-state index is 0.119. The molecule has 2 aromatic rings. The number of para-hydroxylation sites is 2. The van der Waals surface area contributed by atoms with Crippen molar-refractivity contribution in [3.63, 3.8) is 0 Å². The normalized spacial score (nSPS) is 9.22. The molecular weight excluding hydrogens is 414 g/mol. The Morgan fingerprint density at radius 1 is 0.875 bits per heavy atom. The number of rotatable bonds is 7. The van der Waals surface area contributed by atoms with Gasteiger partial charge in [-0.25, -0.2) is 9.59 Å². The Bertz CT molecular complexity index is 1080. The standard InChI is InChI=1S/C12H11NO3.C12H12O4/c2*1-8(2)12(14)16-11-9(7-13)5-4-6-10(11)15-3/h4-6H,1H2,2-3H3;4-7H,1H2,2-3H3. The van der Waals surface area contributed by atoms with Crippen molar-refractivity contribution in [1.82, 2.24) is 0 Å². The summed E-state index contributed by atoms with van der Waals surface area (Å²) in [6, 6.07) is 11.5. The van der Waals surface area contributed by atoms with E-state index in [9.17, 15) is 14.4 Å². The highest BCUT2D eigenvalue weighted by Crippen LogP contribution is 2.31. The summed E-state index contributed by atoms with van der Waals surface area (Å²) < 4.78 is 20.1. The fourth-order valence-electron chi connectivity index (χ4n) is 2.13. The van der Waals surface area contributed by atoms with Crippen molar-refractivity contribution in [1.29, 1.82) is 5.26 Å². The summed E-state index contributed by atoms with van der Waals surface area (Å²) in [5, 5.41) is 8.87. The highest BCUT2D eigenvalue weighted by atomic mass is 16.6. The first-order chi connectivity index (χ1) is 15.2. The van der Waals surface area contributed by atoms with Gasteiger partial charge in [0.2, 0.25) is 0 Å². The molecule has 0 spiro atoms. The molecule has 0 radical (unpaired) electrons. The molecule has 0 aliphatic carbocycles. The third-order valence-corrected chi connectivity index (χ3v) is 3.76. The van der Waals surface area contributed by atoms with Crippen LogP contribution in [0.5, 0.6) is 23.0 Å². The highest BCUT2D eigenvalue weighted by Gasteiger charge is 2.15. The average Bonchev–Trinajstić information content (AvgIpc) is 2.79. The van der Waals surface area contributed by atoms with Gasteiger partial charge in [-0.05, 0) is 38.1 Å². The van der Waals surface area contributed by atoms with E-state index in [4.69, 9.17) is 24.2 Å². The lowest BCUT2D eigenvalue weighted by Crippen LogP contribution is -2.10. The van der Waals surface area contributed by atoms with E-state index in [1.54, 1.807) is 30.3 Å². The van der Waals surface area contributed by atoms with Crippen LogP contribution in [-0.2, 0) is 9.59 Å². The Labute approximate surface area is 186 Å². The van der Waals surface area contributed by atoms with E-state index in [1.165, 1.54) is 34.1 Å². The Morgan fingerprint density at radius 3 is 1.78 bits per heavy atom. The van der Waals surface area contributed by atoms with Gasteiger partial charge in [0.15, 0.2) is 29.3 Å². The summed E-state index contributed by atoms with van der Waals surface area (Å²) in [5.41, 5.74) is 1.01. The molecule has 0 unspecified atom stereocenters. The van der Waals surface area contributed by atoms with Crippen molar-refractivity contribution in [3.8, 4) is 29.1 Å². The Morgan fingerprint density at radius 2 is 1.34 bits per heavy atom. The Kier molecular flexibility index (Phi) is 9.90. The third-order valence-electron chi connectivity index (χ3n) is 3.76. The molecule has 32 heavy (non-hydrogen) atoms. The fourth-order valence-corrected chi connectivity index (χ4v) is 2.13. The number of nitrogens with zero attached hydrogens (tertiary/aromatic N) is 1. The number of esters is 2. The molecule has 0 aliphatic rings. The number of benzene rings is 2. The maximum absolute atomic E-state index is 11.4. The molecular formula is C24H23NO7. The van der Waals surface area contributed by atoms with Crippen LogP contribution in [0, 0.1) is 11.3 Å². The lowest BCUT2D eigenvalue weighted by Gasteiger charge is -2.10. The van der Waals surface area contributed by atoms with Crippen LogP contribution in [0.2, 0.25) is 0 Å². The molecule has 0 aromatic heterocycles. The predicted molar refractivity (Wildman–Crippen MR) is 117 cm³/mol. The Hall–Kier alpha value is -4.38. The molecule has 166 valence electrons. The number of hydrogen-bond donors (Lipinski definition) is 0. The van der Waals surface area contributed by atoms with E-state index >= 15 is 0 Å². The van der Waals surface area contributed by atoms with Crippen molar-refractivity contribution in [2.75, 3.05) is 14.2 Å². The molecule has 0 amide bonds. The lowest BCUT2D eigenvalue weighted by atomic mass is 10.2. The van der Waals surface area contributed by atoms with Crippen LogP contribution in [0.3, 0.4) is 0 Å². The van der Waals surface area contributed by atoms with Gasteiger partial charge in [-0.15, -0.1) is 0 Å². The molecule has 0 heterocycles. The van der Waals surface area contributed by atoms with Crippen LogP contribution in [0.1, 0.15) is 29.8 Å². The maximum atomic E-state index is 11.4. The number of nitriles is 1.